The first-order valence-electron chi connectivity index (χ1n) is 6.02. The fourth-order valence-electron chi connectivity index (χ4n) is 1.90. The van der Waals surface area contributed by atoms with E-state index >= 15 is 0 Å². The van der Waals surface area contributed by atoms with E-state index < -0.39 is 15.8 Å². The molecule has 0 aliphatic carbocycles. The number of halogens is 1. The van der Waals surface area contributed by atoms with E-state index in [-0.39, 0.29) is 10.3 Å². The van der Waals surface area contributed by atoms with Crippen LogP contribution in [0.4, 0.5) is 4.39 Å². The van der Waals surface area contributed by atoms with E-state index in [0.29, 0.717) is 6.54 Å². The van der Waals surface area contributed by atoms with Gasteiger partial charge >= 0.3 is 0 Å². The van der Waals surface area contributed by atoms with Crippen molar-refractivity contribution in [3.63, 3.8) is 0 Å². The Morgan fingerprint density at radius 1 is 1.21 bits per heavy atom. The van der Waals surface area contributed by atoms with Crippen LogP contribution >= 0.6 is 0 Å². The summed E-state index contributed by atoms with van der Waals surface area (Å²) in [5.74, 6) is -0.452. The van der Waals surface area contributed by atoms with Crippen LogP contribution in [0, 0.1) is 11.2 Å². The summed E-state index contributed by atoms with van der Waals surface area (Å²) in [5, 5.41) is 0. The van der Waals surface area contributed by atoms with Gasteiger partial charge < -0.3 is 4.90 Å². The molecule has 0 fully saturated rings. The number of hydrogen-bond donors (Lipinski definition) is 1. The molecule has 0 unspecified atom stereocenters. The number of hydrogen-bond acceptors (Lipinski definition) is 3. The third-order valence-electron chi connectivity index (χ3n) is 2.61. The van der Waals surface area contributed by atoms with Gasteiger partial charge in [-0.1, -0.05) is 13.8 Å². The first kappa shape index (κ1) is 16.1. The Balaban J connectivity index is 2.73. The molecule has 1 aromatic rings. The number of rotatable bonds is 6. The van der Waals surface area contributed by atoms with Gasteiger partial charge in [0.25, 0.3) is 0 Å². The lowest BCUT2D eigenvalue weighted by Crippen LogP contribution is -2.39. The lowest BCUT2D eigenvalue weighted by atomic mass is 9.93. The van der Waals surface area contributed by atoms with Gasteiger partial charge in [-0.15, -0.1) is 0 Å². The Hall–Kier alpha value is -0.980. The summed E-state index contributed by atoms with van der Waals surface area (Å²) in [4.78, 5) is 2.08. The van der Waals surface area contributed by atoms with Crippen LogP contribution in [0.3, 0.4) is 0 Å². The minimum atomic E-state index is -3.58. The SMILES string of the molecule is CN(C)CC(C)(C)CNS(=O)(=O)c1ccc(F)cc1. The minimum Gasteiger partial charge on any atom is -0.309 e. The third-order valence-corrected chi connectivity index (χ3v) is 4.03. The lowest BCUT2D eigenvalue weighted by Gasteiger charge is -2.28. The standard InChI is InChI=1S/C13H21FN2O2S/c1-13(2,10-16(3)4)9-15-19(17,18)12-7-5-11(14)6-8-12/h5-8,15H,9-10H2,1-4H3. The predicted octanol–water partition coefficient (Wildman–Crippen LogP) is 1.69. The highest BCUT2D eigenvalue weighted by atomic mass is 32.2. The maximum Gasteiger partial charge on any atom is 0.240 e. The van der Waals surface area contributed by atoms with Crippen LogP contribution < -0.4 is 4.72 Å². The Labute approximate surface area is 114 Å². The van der Waals surface area contributed by atoms with Crippen LogP contribution in [-0.2, 0) is 10.0 Å². The van der Waals surface area contributed by atoms with Crippen molar-refractivity contribution in [1.29, 1.82) is 0 Å². The monoisotopic (exact) mass is 288 g/mol. The van der Waals surface area contributed by atoms with Crippen LogP contribution in [0.1, 0.15) is 13.8 Å². The Kier molecular flexibility index (Phi) is 5.06. The fraction of sp³-hybridized carbons (Fsp3) is 0.538. The van der Waals surface area contributed by atoms with Gasteiger partial charge in [0, 0.05) is 13.1 Å². The highest BCUT2D eigenvalue weighted by molar-refractivity contribution is 7.89. The molecular weight excluding hydrogens is 267 g/mol. The number of nitrogens with one attached hydrogen (secondary N) is 1. The van der Waals surface area contributed by atoms with Gasteiger partial charge in [-0.3, -0.25) is 0 Å². The predicted molar refractivity (Wildman–Crippen MR) is 73.9 cm³/mol. The van der Waals surface area contributed by atoms with Crippen LogP contribution in [0.5, 0.6) is 0 Å². The molecule has 108 valence electrons. The maximum absolute atomic E-state index is 12.8. The molecule has 0 heterocycles. The number of sulfonamides is 1. The largest absolute Gasteiger partial charge is 0.309 e. The number of nitrogens with zero attached hydrogens (tertiary/aromatic N) is 1. The summed E-state index contributed by atoms with van der Waals surface area (Å²) >= 11 is 0. The van der Waals surface area contributed by atoms with Gasteiger partial charge in [-0.05, 0) is 43.8 Å². The topological polar surface area (TPSA) is 49.4 Å². The smallest absolute Gasteiger partial charge is 0.240 e. The van der Waals surface area contributed by atoms with Gasteiger partial charge in [-0.25, -0.2) is 17.5 Å². The van der Waals surface area contributed by atoms with Crippen molar-refractivity contribution < 1.29 is 12.8 Å². The van der Waals surface area contributed by atoms with E-state index in [1.165, 1.54) is 12.1 Å². The van der Waals surface area contributed by atoms with Gasteiger partial charge in [0.15, 0.2) is 0 Å². The van der Waals surface area contributed by atoms with Crippen LogP contribution in [0.25, 0.3) is 0 Å². The zero-order chi connectivity index (χ0) is 14.7. The first-order valence-corrected chi connectivity index (χ1v) is 7.51. The first-order chi connectivity index (χ1) is 8.62. The Bertz CT molecular complexity index is 510. The van der Waals surface area contributed by atoms with Crippen LogP contribution in [0.15, 0.2) is 29.2 Å². The fourth-order valence-corrected chi connectivity index (χ4v) is 3.14. The molecule has 0 atom stereocenters. The lowest BCUT2D eigenvalue weighted by molar-refractivity contribution is 0.242. The second-order valence-corrected chi connectivity index (χ2v) is 7.45. The average Bonchev–Trinajstić information content (AvgIpc) is 2.26. The molecule has 0 saturated heterocycles. The molecule has 1 rings (SSSR count). The molecule has 0 radical (unpaired) electrons. The van der Waals surface area contributed by atoms with E-state index in [4.69, 9.17) is 0 Å². The Morgan fingerprint density at radius 2 is 1.74 bits per heavy atom. The van der Waals surface area contributed by atoms with Crippen LogP contribution in [0.2, 0.25) is 0 Å². The molecule has 1 N–H and O–H groups in total. The second kappa shape index (κ2) is 5.98. The van der Waals surface area contributed by atoms with Crippen molar-refractivity contribution in [3.8, 4) is 0 Å². The van der Waals surface area contributed by atoms with Crippen molar-refractivity contribution in [3.05, 3.63) is 30.1 Å². The quantitative estimate of drug-likeness (QED) is 0.866. The molecule has 0 aliphatic rings. The molecule has 4 nitrogen and oxygen atoms in total. The van der Waals surface area contributed by atoms with Crippen molar-refractivity contribution in [2.24, 2.45) is 5.41 Å². The minimum absolute atomic E-state index is 0.0783. The summed E-state index contributed by atoms with van der Waals surface area (Å²) in [5.41, 5.74) is -0.184. The summed E-state index contributed by atoms with van der Waals surface area (Å²) < 4.78 is 39.4. The molecular formula is C13H21FN2O2S. The number of benzene rings is 1. The summed E-state index contributed by atoms with van der Waals surface area (Å²) in [7, 11) is 0.300. The third kappa shape index (κ3) is 5.26. The molecule has 6 heteroatoms. The summed E-state index contributed by atoms with van der Waals surface area (Å²) in [6.45, 7) is 5.06. The normalized spacial score (nSPS) is 12.9. The van der Waals surface area contributed by atoms with Gasteiger partial charge in [0.05, 0.1) is 4.90 Å². The van der Waals surface area contributed by atoms with E-state index in [0.717, 1.165) is 18.7 Å². The van der Waals surface area contributed by atoms with E-state index in [9.17, 15) is 12.8 Å². The van der Waals surface area contributed by atoms with Crippen LogP contribution in [-0.4, -0.2) is 40.5 Å². The van der Waals surface area contributed by atoms with Crippen molar-refractivity contribution >= 4 is 10.0 Å². The summed E-state index contributed by atoms with van der Waals surface area (Å²) in [6, 6.07) is 4.80. The second-order valence-electron chi connectivity index (χ2n) is 5.68. The average molecular weight is 288 g/mol. The molecule has 0 amide bonds. The van der Waals surface area contributed by atoms with E-state index in [1.807, 2.05) is 32.8 Å². The van der Waals surface area contributed by atoms with Gasteiger partial charge in [0.1, 0.15) is 5.82 Å². The zero-order valence-electron chi connectivity index (χ0n) is 11.8. The highest BCUT2D eigenvalue weighted by Gasteiger charge is 2.23. The molecule has 0 aromatic heterocycles. The Morgan fingerprint density at radius 3 is 2.21 bits per heavy atom. The molecule has 0 spiro atoms. The van der Waals surface area contributed by atoms with E-state index in [1.54, 1.807) is 0 Å². The highest BCUT2D eigenvalue weighted by Crippen LogP contribution is 2.16. The van der Waals surface area contributed by atoms with Crippen molar-refractivity contribution in [2.45, 2.75) is 18.7 Å². The van der Waals surface area contributed by atoms with Crippen molar-refractivity contribution in [1.82, 2.24) is 9.62 Å². The molecule has 0 bridgehead atoms. The molecule has 1 aromatic carbocycles. The van der Waals surface area contributed by atoms with E-state index in [2.05, 4.69) is 4.72 Å². The van der Waals surface area contributed by atoms with Gasteiger partial charge in [0.2, 0.25) is 10.0 Å². The molecule has 0 aliphatic heterocycles. The zero-order valence-corrected chi connectivity index (χ0v) is 12.6. The molecule has 0 saturated carbocycles. The molecule has 19 heavy (non-hydrogen) atoms. The maximum atomic E-state index is 12.8. The van der Waals surface area contributed by atoms with Crippen molar-refractivity contribution in [2.75, 3.05) is 27.2 Å². The van der Waals surface area contributed by atoms with Gasteiger partial charge in [-0.2, -0.15) is 0 Å². The summed E-state index contributed by atoms with van der Waals surface area (Å²) in [6.07, 6.45) is 0.